The topological polar surface area (TPSA) is 46.2 Å². The number of hydrogen-bond acceptors (Lipinski definition) is 2. The Morgan fingerprint density at radius 3 is 2.48 bits per heavy atom. The second-order valence-corrected chi connectivity index (χ2v) is 5.82. The summed E-state index contributed by atoms with van der Waals surface area (Å²) >= 11 is 3.39. The predicted molar refractivity (Wildman–Crippen MR) is 82.0 cm³/mol. The molecule has 2 rings (SSSR count). The van der Waals surface area contributed by atoms with E-state index in [0.29, 0.717) is 5.56 Å². The molecule has 3 N–H and O–H groups in total. The van der Waals surface area contributed by atoms with Crippen molar-refractivity contribution in [2.45, 2.75) is 18.9 Å². The van der Waals surface area contributed by atoms with Gasteiger partial charge in [0.2, 0.25) is 0 Å². The lowest BCUT2D eigenvalue weighted by molar-refractivity contribution is 0.145. The number of hydrogen-bond donors (Lipinski definition) is 2. The summed E-state index contributed by atoms with van der Waals surface area (Å²) in [4.78, 5) is 0. The smallest absolute Gasteiger partial charge is 0.129 e. The van der Waals surface area contributed by atoms with Crippen LogP contribution in [0.5, 0.6) is 0 Å². The van der Waals surface area contributed by atoms with Crippen molar-refractivity contribution in [1.29, 1.82) is 0 Å². The molecule has 0 saturated carbocycles. The zero-order valence-electron chi connectivity index (χ0n) is 11.5. The number of halogens is 3. The lowest BCUT2D eigenvalue weighted by atomic mass is 9.88. The fourth-order valence-electron chi connectivity index (χ4n) is 2.31. The van der Waals surface area contributed by atoms with Crippen molar-refractivity contribution in [3.05, 3.63) is 69.2 Å². The number of aliphatic hydroxyl groups excluding tert-OH is 1. The molecular weight excluding hydrogens is 340 g/mol. The van der Waals surface area contributed by atoms with Crippen LogP contribution in [0, 0.1) is 18.6 Å². The molecule has 2 atom stereocenters. The first-order valence-electron chi connectivity index (χ1n) is 6.53. The van der Waals surface area contributed by atoms with Crippen molar-refractivity contribution in [2.75, 3.05) is 6.54 Å². The number of aliphatic hydroxyl groups is 1. The molecule has 0 aliphatic heterocycles. The molecule has 2 nitrogen and oxygen atoms in total. The fraction of sp³-hybridized carbons (Fsp3) is 0.250. The van der Waals surface area contributed by atoms with E-state index in [1.807, 2.05) is 19.1 Å². The third-order valence-corrected chi connectivity index (χ3v) is 4.41. The summed E-state index contributed by atoms with van der Waals surface area (Å²) in [5, 5.41) is 10.5. The van der Waals surface area contributed by atoms with Gasteiger partial charge in [0.25, 0.3) is 0 Å². The van der Waals surface area contributed by atoms with Crippen molar-refractivity contribution < 1.29 is 13.9 Å². The predicted octanol–water partition coefficient (Wildman–Crippen LogP) is 3.81. The SMILES string of the molecule is Cc1cc(C(O)C(CN)c2ccc(F)cc2F)ccc1Br. The molecule has 0 fully saturated rings. The molecular formula is C16H16BrF2NO. The standard InChI is InChI=1S/C16H16BrF2NO/c1-9-6-10(2-5-14(9)17)16(21)13(8-20)12-4-3-11(18)7-15(12)19/h2-7,13,16,21H,8,20H2,1H3. The van der Waals surface area contributed by atoms with E-state index in [0.717, 1.165) is 16.1 Å². The molecule has 2 unspecified atom stereocenters. The number of benzene rings is 2. The maximum absolute atomic E-state index is 13.9. The Kier molecular flexibility index (Phi) is 5.08. The maximum atomic E-state index is 13.9. The Morgan fingerprint density at radius 1 is 1.19 bits per heavy atom. The van der Waals surface area contributed by atoms with E-state index in [1.165, 1.54) is 12.1 Å². The Hall–Kier alpha value is -1.30. The van der Waals surface area contributed by atoms with Crippen LogP contribution in [0.1, 0.15) is 28.7 Å². The van der Waals surface area contributed by atoms with E-state index in [-0.39, 0.29) is 12.1 Å². The molecule has 112 valence electrons. The van der Waals surface area contributed by atoms with Crippen LogP contribution in [-0.2, 0) is 0 Å². The van der Waals surface area contributed by atoms with E-state index in [9.17, 15) is 13.9 Å². The summed E-state index contributed by atoms with van der Waals surface area (Å²) in [5.74, 6) is -1.98. The highest BCUT2D eigenvalue weighted by atomic mass is 79.9. The third kappa shape index (κ3) is 3.48. The molecule has 0 amide bonds. The van der Waals surface area contributed by atoms with Crippen LogP contribution in [0.25, 0.3) is 0 Å². The van der Waals surface area contributed by atoms with Gasteiger partial charge in [-0.1, -0.05) is 34.1 Å². The van der Waals surface area contributed by atoms with Gasteiger partial charge in [-0.05, 0) is 35.7 Å². The maximum Gasteiger partial charge on any atom is 0.129 e. The summed E-state index contributed by atoms with van der Waals surface area (Å²) in [5.41, 5.74) is 7.51. The Labute approximate surface area is 130 Å². The van der Waals surface area contributed by atoms with Crippen LogP contribution >= 0.6 is 15.9 Å². The normalized spacial score (nSPS) is 14.0. The van der Waals surface area contributed by atoms with Crippen molar-refractivity contribution in [1.82, 2.24) is 0 Å². The van der Waals surface area contributed by atoms with E-state index in [1.54, 1.807) is 6.07 Å². The Balaban J connectivity index is 2.37. The van der Waals surface area contributed by atoms with Gasteiger partial charge in [-0.2, -0.15) is 0 Å². The highest BCUT2D eigenvalue weighted by Crippen LogP contribution is 2.33. The highest BCUT2D eigenvalue weighted by molar-refractivity contribution is 9.10. The third-order valence-electron chi connectivity index (χ3n) is 3.52. The van der Waals surface area contributed by atoms with Gasteiger partial charge in [-0.25, -0.2) is 8.78 Å². The lowest BCUT2D eigenvalue weighted by Crippen LogP contribution is -2.21. The van der Waals surface area contributed by atoms with Crippen molar-refractivity contribution in [2.24, 2.45) is 5.73 Å². The highest BCUT2D eigenvalue weighted by Gasteiger charge is 2.24. The van der Waals surface area contributed by atoms with Gasteiger partial charge < -0.3 is 10.8 Å². The van der Waals surface area contributed by atoms with Crippen LogP contribution in [0.3, 0.4) is 0 Å². The van der Waals surface area contributed by atoms with Crippen LogP contribution in [-0.4, -0.2) is 11.7 Å². The van der Waals surface area contributed by atoms with Gasteiger partial charge in [0.1, 0.15) is 11.6 Å². The fourth-order valence-corrected chi connectivity index (χ4v) is 2.56. The van der Waals surface area contributed by atoms with Crippen LogP contribution in [0.15, 0.2) is 40.9 Å². The number of nitrogens with two attached hydrogens (primary N) is 1. The van der Waals surface area contributed by atoms with Gasteiger partial charge in [0.05, 0.1) is 6.10 Å². The molecule has 0 radical (unpaired) electrons. The van der Waals surface area contributed by atoms with Crippen molar-refractivity contribution >= 4 is 15.9 Å². The second-order valence-electron chi connectivity index (χ2n) is 4.96. The van der Waals surface area contributed by atoms with E-state index in [4.69, 9.17) is 5.73 Å². The minimum absolute atomic E-state index is 0.0544. The van der Waals surface area contributed by atoms with Gasteiger partial charge in [-0.3, -0.25) is 0 Å². The Morgan fingerprint density at radius 2 is 1.90 bits per heavy atom. The zero-order valence-corrected chi connectivity index (χ0v) is 13.1. The summed E-state index contributed by atoms with van der Waals surface area (Å²) in [6, 6.07) is 8.70. The summed E-state index contributed by atoms with van der Waals surface area (Å²) < 4.78 is 27.8. The summed E-state index contributed by atoms with van der Waals surface area (Å²) in [6.45, 7) is 1.95. The molecule has 2 aromatic carbocycles. The monoisotopic (exact) mass is 355 g/mol. The van der Waals surface area contributed by atoms with Crippen LogP contribution in [0.4, 0.5) is 8.78 Å². The average molecular weight is 356 g/mol. The van der Waals surface area contributed by atoms with Crippen LogP contribution < -0.4 is 5.73 Å². The molecule has 0 bridgehead atoms. The molecule has 0 spiro atoms. The van der Waals surface area contributed by atoms with Crippen molar-refractivity contribution in [3.8, 4) is 0 Å². The molecule has 0 aromatic heterocycles. The minimum Gasteiger partial charge on any atom is -0.388 e. The average Bonchev–Trinajstić information content (AvgIpc) is 2.44. The van der Waals surface area contributed by atoms with E-state index in [2.05, 4.69) is 15.9 Å². The molecule has 21 heavy (non-hydrogen) atoms. The molecule has 2 aromatic rings. The molecule has 0 saturated heterocycles. The lowest BCUT2D eigenvalue weighted by Gasteiger charge is -2.23. The van der Waals surface area contributed by atoms with Crippen LogP contribution in [0.2, 0.25) is 0 Å². The summed E-state index contributed by atoms with van der Waals surface area (Å²) in [7, 11) is 0. The quantitative estimate of drug-likeness (QED) is 0.875. The number of rotatable bonds is 4. The van der Waals surface area contributed by atoms with E-state index >= 15 is 0 Å². The summed E-state index contributed by atoms with van der Waals surface area (Å²) in [6.07, 6.45) is -0.957. The first kappa shape index (κ1) is 16.1. The second kappa shape index (κ2) is 6.64. The molecule has 5 heteroatoms. The molecule has 0 heterocycles. The number of aryl methyl sites for hydroxylation is 1. The van der Waals surface area contributed by atoms with Gasteiger partial charge in [-0.15, -0.1) is 0 Å². The van der Waals surface area contributed by atoms with Gasteiger partial charge in [0, 0.05) is 23.0 Å². The van der Waals surface area contributed by atoms with Gasteiger partial charge >= 0.3 is 0 Å². The zero-order chi connectivity index (χ0) is 15.6. The first-order valence-corrected chi connectivity index (χ1v) is 7.32. The Bertz CT molecular complexity index is 648. The van der Waals surface area contributed by atoms with E-state index < -0.39 is 23.7 Å². The first-order chi connectivity index (χ1) is 9.93. The molecule has 0 aliphatic carbocycles. The molecule has 0 aliphatic rings. The van der Waals surface area contributed by atoms with Gasteiger partial charge in [0.15, 0.2) is 0 Å². The van der Waals surface area contributed by atoms with Crippen molar-refractivity contribution in [3.63, 3.8) is 0 Å². The minimum atomic E-state index is -0.957. The largest absolute Gasteiger partial charge is 0.388 e.